The van der Waals surface area contributed by atoms with Gasteiger partial charge in [-0.05, 0) is 31.2 Å². The molecule has 2 rings (SSSR count). The summed E-state index contributed by atoms with van der Waals surface area (Å²) in [4.78, 5) is 5.55. The molecule has 0 spiro atoms. The van der Waals surface area contributed by atoms with Crippen LogP contribution < -0.4 is 5.32 Å². The van der Waals surface area contributed by atoms with Crippen LogP contribution >= 0.6 is 11.8 Å². The van der Waals surface area contributed by atoms with Gasteiger partial charge in [0, 0.05) is 17.7 Å². The third-order valence-electron chi connectivity index (χ3n) is 2.48. The highest BCUT2D eigenvalue weighted by Crippen LogP contribution is 2.16. The molecule has 1 aromatic rings. The van der Waals surface area contributed by atoms with Crippen molar-refractivity contribution in [3.8, 4) is 0 Å². The summed E-state index contributed by atoms with van der Waals surface area (Å²) in [5.41, 5.74) is 0. The minimum Gasteiger partial charge on any atom is -0.379 e. The minimum absolute atomic E-state index is 0.423. The largest absolute Gasteiger partial charge is 0.379 e. The van der Waals surface area contributed by atoms with Gasteiger partial charge >= 0.3 is 0 Å². The highest BCUT2D eigenvalue weighted by atomic mass is 32.2. The summed E-state index contributed by atoms with van der Waals surface area (Å²) in [6.45, 7) is 1.70. The number of aromatic nitrogens is 1. The van der Waals surface area contributed by atoms with E-state index in [1.165, 1.54) is 11.3 Å². The highest BCUT2D eigenvalue weighted by molar-refractivity contribution is 7.98. The smallest absolute Gasteiger partial charge is 0.126 e. The number of thioether (sulfide) groups is 1. The van der Waals surface area contributed by atoms with Crippen LogP contribution in [0.5, 0.6) is 0 Å². The molecule has 0 aliphatic carbocycles. The summed E-state index contributed by atoms with van der Waals surface area (Å²) >= 11 is 1.71. The van der Waals surface area contributed by atoms with Gasteiger partial charge in [0.25, 0.3) is 0 Å². The SMILES string of the molecule is CSc1ccc(NC2CCCOC2)nc1. The highest BCUT2D eigenvalue weighted by Gasteiger charge is 2.13. The van der Waals surface area contributed by atoms with Crippen molar-refractivity contribution in [2.45, 2.75) is 23.8 Å². The number of hydrogen-bond acceptors (Lipinski definition) is 4. The standard InChI is InChI=1S/C11H16N2OS/c1-15-10-4-5-11(12-7-10)13-9-3-2-6-14-8-9/h4-5,7,9H,2-3,6,8H2,1H3,(H,12,13). The van der Waals surface area contributed by atoms with Crippen LogP contribution in [0.1, 0.15) is 12.8 Å². The predicted octanol–water partition coefficient (Wildman–Crippen LogP) is 2.39. The molecule has 1 N–H and O–H groups in total. The molecule has 1 saturated heterocycles. The molecule has 1 aromatic heterocycles. The molecule has 1 fully saturated rings. The first-order chi connectivity index (χ1) is 7.38. The van der Waals surface area contributed by atoms with Gasteiger partial charge in [0.1, 0.15) is 5.82 Å². The molecule has 1 aliphatic rings. The van der Waals surface area contributed by atoms with Gasteiger partial charge in [0.15, 0.2) is 0 Å². The Hall–Kier alpha value is -0.740. The van der Waals surface area contributed by atoms with Gasteiger partial charge in [-0.1, -0.05) is 0 Å². The van der Waals surface area contributed by atoms with E-state index in [0.717, 1.165) is 25.5 Å². The lowest BCUT2D eigenvalue weighted by molar-refractivity contribution is 0.0875. The van der Waals surface area contributed by atoms with Crippen LogP contribution in [0.15, 0.2) is 23.2 Å². The second-order valence-corrected chi connectivity index (χ2v) is 4.52. The van der Waals surface area contributed by atoms with E-state index in [9.17, 15) is 0 Å². The number of hydrogen-bond donors (Lipinski definition) is 1. The van der Waals surface area contributed by atoms with Crippen LogP contribution in [0.3, 0.4) is 0 Å². The van der Waals surface area contributed by atoms with E-state index in [2.05, 4.69) is 22.6 Å². The Morgan fingerprint density at radius 1 is 1.53 bits per heavy atom. The van der Waals surface area contributed by atoms with Crippen LogP contribution in [-0.4, -0.2) is 30.5 Å². The van der Waals surface area contributed by atoms with E-state index in [1.807, 2.05) is 12.3 Å². The zero-order chi connectivity index (χ0) is 10.5. The van der Waals surface area contributed by atoms with Crippen molar-refractivity contribution < 1.29 is 4.74 Å². The van der Waals surface area contributed by atoms with Crippen LogP contribution in [0.25, 0.3) is 0 Å². The van der Waals surface area contributed by atoms with Crippen molar-refractivity contribution in [1.82, 2.24) is 4.98 Å². The van der Waals surface area contributed by atoms with E-state index < -0.39 is 0 Å². The number of nitrogens with zero attached hydrogens (tertiary/aromatic N) is 1. The van der Waals surface area contributed by atoms with Crippen molar-refractivity contribution in [2.24, 2.45) is 0 Å². The number of nitrogens with one attached hydrogen (secondary N) is 1. The van der Waals surface area contributed by atoms with Crippen LogP contribution in [0, 0.1) is 0 Å². The molecule has 0 amide bonds. The first-order valence-electron chi connectivity index (χ1n) is 5.23. The van der Waals surface area contributed by atoms with Gasteiger partial charge in [-0.15, -0.1) is 11.8 Å². The topological polar surface area (TPSA) is 34.1 Å². The molecule has 0 radical (unpaired) electrons. The van der Waals surface area contributed by atoms with Crippen LogP contribution in [-0.2, 0) is 4.74 Å². The zero-order valence-electron chi connectivity index (χ0n) is 8.90. The Morgan fingerprint density at radius 3 is 3.07 bits per heavy atom. The molecule has 1 unspecified atom stereocenters. The minimum atomic E-state index is 0.423. The van der Waals surface area contributed by atoms with Gasteiger partial charge in [0.05, 0.1) is 12.6 Å². The first kappa shape index (κ1) is 10.8. The molecule has 0 aromatic carbocycles. The van der Waals surface area contributed by atoms with Crippen molar-refractivity contribution in [1.29, 1.82) is 0 Å². The molecule has 4 heteroatoms. The van der Waals surface area contributed by atoms with Crippen molar-refractivity contribution in [3.05, 3.63) is 18.3 Å². The molecular weight excluding hydrogens is 208 g/mol. The molecule has 15 heavy (non-hydrogen) atoms. The Balaban J connectivity index is 1.91. The van der Waals surface area contributed by atoms with Gasteiger partial charge in [-0.2, -0.15) is 0 Å². The average molecular weight is 224 g/mol. The maximum absolute atomic E-state index is 5.40. The van der Waals surface area contributed by atoms with E-state index in [4.69, 9.17) is 4.74 Å². The van der Waals surface area contributed by atoms with E-state index in [-0.39, 0.29) is 0 Å². The zero-order valence-corrected chi connectivity index (χ0v) is 9.72. The monoisotopic (exact) mass is 224 g/mol. The van der Waals surface area contributed by atoms with Crippen LogP contribution in [0.2, 0.25) is 0 Å². The van der Waals surface area contributed by atoms with E-state index in [0.29, 0.717) is 6.04 Å². The molecule has 0 saturated carbocycles. The fourth-order valence-corrected chi connectivity index (χ4v) is 2.01. The second kappa shape index (κ2) is 5.37. The van der Waals surface area contributed by atoms with Crippen molar-refractivity contribution in [3.63, 3.8) is 0 Å². The summed E-state index contributed by atoms with van der Waals surface area (Å²) in [5.74, 6) is 0.948. The number of anilines is 1. The molecular formula is C11H16N2OS. The Bertz CT molecular complexity index is 296. The van der Waals surface area contributed by atoms with E-state index >= 15 is 0 Å². The quantitative estimate of drug-likeness (QED) is 0.799. The molecule has 0 bridgehead atoms. The first-order valence-corrected chi connectivity index (χ1v) is 6.45. The lowest BCUT2D eigenvalue weighted by Crippen LogP contribution is -2.30. The van der Waals surface area contributed by atoms with Crippen molar-refractivity contribution in [2.75, 3.05) is 24.8 Å². The summed E-state index contributed by atoms with van der Waals surface area (Å²) in [6, 6.07) is 4.54. The summed E-state index contributed by atoms with van der Waals surface area (Å²) in [6.07, 6.45) is 6.27. The summed E-state index contributed by atoms with van der Waals surface area (Å²) in [5, 5.41) is 3.39. The van der Waals surface area contributed by atoms with Crippen molar-refractivity contribution >= 4 is 17.6 Å². The lowest BCUT2D eigenvalue weighted by atomic mass is 10.1. The maximum Gasteiger partial charge on any atom is 0.126 e. The lowest BCUT2D eigenvalue weighted by Gasteiger charge is -2.23. The van der Waals surface area contributed by atoms with Gasteiger partial charge in [-0.3, -0.25) is 0 Å². The van der Waals surface area contributed by atoms with Gasteiger partial charge in [-0.25, -0.2) is 4.98 Å². The average Bonchev–Trinajstić information content (AvgIpc) is 2.31. The van der Waals surface area contributed by atoms with E-state index in [1.54, 1.807) is 11.8 Å². The fraction of sp³-hybridized carbons (Fsp3) is 0.545. The predicted molar refractivity (Wildman–Crippen MR) is 63.5 cm³/mol. The molecule has 1 atom stereocenters. The number of rotatable bonds is 3. The fourth-order valence-electron chi connectivity index (χ4n) is 1.65. The Labute approximate surface area is 94.6 Å². The summed E-state index contributed by atoms with van der Waals surface area (Å²) in [7, 11) is 0. The third kappa shape index (κ3) is 3.11. The number of pyridine rings is 1. The molecule has 2 heterocycles. The third-order valence-corrected chi connectivity index (χ3v) is 3.20. The van der Waals surface area contributed by atoms with Gasteiger partial charge < -0.3 is 10.1 Å². The maximum atomic E-state index is 5.40. The molecule has 82 valence electrons. The van der Waals surface area contributed by atoms with Gasteiger partial charge in [0.2, 0.25) is 0 Å². The normalized spacial score (nSPS) is 21.3. The summed E-state index contributed by atoms with van der Waals surface area (Å²) < 4.78 is 5.40. The van der Waals surface area contributed by atoms with Crippen LogP contribution in [0.4, 0.5) is 5.82 Å². The Morgan fingerprint density at radius 2 is 2.47 bits per heavy atom. The molecule has 3 nitrogen and oxygen atoms in total. The molecule has 1 aliphatic heterocycles. The second-order valence-electron chi connectivity index (χ2n) is 3.64. The number of ether oxygens (including phenoxy) is 1. The Kier molecular flexibility index (Phi) is 3.86.